The van der Waals surface area contributed by atoms with Gasteiger partial charge in [-0.05, 0) is 25.0 Å². The molecule has 0 radical (unpaired) electrons. The molecule has 0 saturated heterocycles. The van der Waals surface area contributed by atoms with Gasteiger partial charge in [0.25, 0.3) is 10.1 Å². The lowest BCUT2D eigenvalue weighted by Gasteiger charge is -2.18. The van der Waals surface area contributed by atoms with Gasteiger partial charge in [0.15, 0.2) is 0 Å². The molecule has 0 aromatic heterocycles. The van der Waals surface area contributed by atoms with Gasteiger partial charge in [-0.1, -0.05) is 76.0 Å². The number of hydrogen-bond donors (Lipinski definition) is 0. The Hall–Kier alpha value is -0.870. The van der Waals surface area contributed by atoms with Gasteiger partial charge in [-0.3, -0.25) is 4.18 Å². The quantitative estimate of drug-likeness (QED) is 0.729. The standard InChI is InChI=1S/C18H28O3S/c19-22(20,18-15-11-8-12-16-18)21-17-13-9-6-4-2-1-3-5-7-10-14-17/h8,11-12,15-17H,1-7,9-10,13-14H2. The summed E-state index contributed by atoms with van der Waals surface area (Å²) in [6, 6.07) is 8.49. The molecule has 2 rings (SSSR count). The van der Waals surface area contributed by atoms with E-state index in [9.17, 15) is 8.42 Å². The molecule has 4 heteroatoms. The summed E-state index contributed by atoms with van der Waals surface area (Å²) in [5, 5.41) is 0. The zero-order valence-electron chi connectivity index (χ0n) is 13.4. The van der Waals surface area contributed by atoms with Gasteiger partial charge >= 0.3 is 0 Å². The minimum absolute atomic E-state index is 0.162. The molecule has 0 aliphatic heterocycles. The fourth-order valence-electron chi connectivity index (χ4n) is 3.04. The van der Waals surface area contributed by atoms with Crippen molar-refractivity contribution in [2.75, 3.05) is 0 Å². The van der Waals surface area contributed by atoms with Crippen molar-refractivity contribution in [2.45, 2.75) is 81.6 Å². The fraction of sp³-hybridized carbons (Fsp3) is 0.667. The molecule has 1 aromatic rings. The lowest BCUT2D eigenvalue weighted by Crippen LogP contribution is -2.19. The highest BCUT2D eigenvalue weighted by atomic mass is 32.2. The van der Waals surface area contributed by atoms with Crippen molar-refractivity contribution >= 4 is 10.1 Å². The normalized spacial score (nSPS) is 20.0. The molecular formula is C18H28O3S. The summed E-state index contributed by atoms with van der Waals surface area (Å²) in [7, 11) is -3.63. The molecule has 1 aliphatic carbocycles. The molecule has 0 spiro atoms. The van der Waals surface area contributed by atoms with Crippen LogP contribution in [0.5, 0.6) is 0 Å². The van der Waals surface area contributed by atoms with Gasteiger partial charge in [0.2, 0.25) is 0 Å². The summed E-state index contributed by atoms with van der Waals surface area (Å²) in [6.07, 6.45) is 12.5. The zero-order valence-corrected chi connectivity index (χ0v) is 14.2. The van der Waals surface area contributed by atoms with Crippen molar-refractivity contribution in [1.29, 1.82) is 0 Å². The first-order valence-corrected chi connectivity index (χ1v) is 10.1. The van der Waals surface area contributed by atoms with Crippen molar-refractivity contribution in [1.82, 2.24) is 0 Å². The topological polar surface area (TPSA) is 43.4 Å². The summed E-state index contributed by atoms with van der Waals surface area (Å²) in [5.41, 5.74) is 0. The molecule has 0 N–H and O–H groups in total. The maximum absolute atomic E-state index is 12.4. The highest BCUT2D eigenvalue weighted by Gasteiger charge is 2.21. The van der Waals surface area contributed by atoms with Crippen molar-refractivity contribution in [3.05, 3.63) is 30.3 Å². The van der Waals surface area contributed by atoms with E-state index in [0.717, 1.165) is 25.7 Å². The third-order valence-electron chi connectivity index (χ3n) is 4.35. The van der Waals surface area contributed by atoms with Gasteiger partial charge in [0, 0.05) is 0 Å². The van der Waals surface area contributed by atoms with Gasteiger partial charge in [0.1, 0.15) is 0 Å². The summed E-state index contributed by atoms with van der Waals surface area (Å²) >= 11 is 0. The van der Waals surface area contributed by atoms with Crippen LogP contribution in [-0.4, -0.2) is 14.5 Å². The molecule has 1 fully saturated rings. The van der Waals surface area contributed by atoms with E-state index in [0.29, 0.717) is 0 Å². The van der Waals surface area contributed by atoms with Gasteiger partial charge in [-0.2, -0.15) is 8.42 Å². The third-order valence-corrected chi connectivity index (χ3v) is 5.72. The molecule has 3 nitrogen and oxygen atoms in total. The Bertz CT molecular complexity index is 498. The van der Waals surface area contributed by atoms with Gasteiger partial charge in [-0.25, -0.2) is 0 Å². The predicted molar refractivity (Wildman–Crippen MR) is 89.3 cm³/mol. The molecule has 0 atom stereocenters. The minimum atomic E-state index is -3.63. The van der Waals surface area contributed by atoms with E-state index in [1.54, 1.807) is 24.3 Å². The van der Waals surface area contributed by atoms with E-state index in [4.69, 9.17) is 4.18 Å². The van der Waals surface area contributed by atoms with E-state index >= 15 is 0 Å². The van der Waals surface area contributed by atoms with Crippen LogP contribution in [0.15, 0.2) is 35.2 Å². The van der Waals surface area contributed by atoms with Crippen LogP contribution < -0.4 is 0 Å². The largest absolute Gasteiger partial charge is 0.297 e. The lowest BCUT2D eigenvalue weighted by molar-refractivity contribution is 0.179. The molecule has 1 saturated carbocycles. The zero-order chi connectivity index (χ0) is 15.7. The highest BCUT2D eigenvalue weighted by Crippen LogP contribution is 2.22. The SMILES string of the molecule is O=S(=O)(OC1CCCCCCCCCCC1)c1ccccc1. The van der Waals surface area contributed by atoms with E-state index in [2.05, 4.69) is 0 Å². The van der Waals surface area contributed by atoms with Crippen molar-refractivity contribution in [2.24, 2.45) is 0 Å². The summed E-state index contributed by atoms with van der Waals surface area (Å²) in [4.78, 5) is 0.265. The summed E-state index contributed by atoms with van der Waals surface area (Å²) < 4.78 is 30.2. The van der Waals surface area contributed by atoms with Crippen molar-refractivity contribution in [3.63, 3.8) is 0 Å². The van der Waals surface area contributed by atoms with E-state index in [1.807, 2.05) is 6.07 Å². The third kappa shape index (κ3) is 6.09. The Balaban J connectivity index is 1.94. The summed E-state index contributed by atoms with van der Waals surface area (Å²) in [6.45, 7) is 0. The van der Waals surface area contributed by atoms with Crippen LogP contribution >= 0.6 is 0 Å². The summed E-state index contributed by atoms with van der Waals surface area (Å²) in [5.74, 6) is 0. The molecule has 0 unspecified atom stereocenters. The van der Waals surface area contributed by atoms with E-state index in [-0.39, 0.29) is 11.0 Å². The van der Waals surface area contributed by atoms with E-state index < -0.39 is 10.1 Å². The first-order valence-electron chi connectivity index (χ1n) is 8.67. The Kier molecular flexibility index (Phi) is 7.40. The van der Waals surface area contributed by atoms with Crippen molar-refractivity contribution < 1.29 is 12.6 Å². The van der Waals surface area contributed by atoms with Crippen LogP contribution in [0.3, 0.4) is 0 Å². The number of benzene rings is 1. The Morgan fingerprint density at radius 2 is 1.18 bits per heavy atom. The van der Waals surface area contributed by atoms with Crippen LogP contribution in [0.4, 0.5) is 0 Å². The molecule has 1 aromatic carbocycles. The molecule has 0 heterocycles. The monoisotopic (exact) mass is 324 g/mol. The Morgan fingerprint density at radius 3 is 1.68 bits per heavy atom. The minimum Gasteiger partial charge on any atom is -0.263 e. The molecule has 0 bridgehead atoms. The molecule has 1 aliphatic rings. The predicted octanol–water partition coefficient (Wildman–Crippen LogP) is 5.07. The van der Waals surface area contributed by atoms with Crippen LogP contribution in [0.1, 0.15) is 70.6 Å². The highest BCUT2D eigenvalue weighted by molar-refractivity contribution is 7.86. The molecule has 124 valence electrons. The Morgan fingerprint density at radius 1 is 0.727 bits per heavy atom. The van der Waals surface area contributed by atoms with Gasteiger partial charge < -0.3 is 0 Å². The second-order valence-corrected chi connectivity index (χ2v) is 7.82. The molecular weight excluding hydrogens is 296 g/mol. The lowest BCUT2D eigenvalue weighted by atomic mass is 10.00. The second kappa shape index (κ2) is 9.31. The van der Waals surface area contributed by atoms with Crippen LogP contribution in [0.25, 0.3) is 0 Å². The molecule has 22 heavy (non-hydrogen) atoms. The maximum Gasteiger partial charge on any atom is 0.297 e. The average molecular weight is 324 g/mol. The second-order valence-electron chi connectivity index (χ2n) is 6.24. The Labute approximate surface area is 135 Å². The van der Waals surface area contributed by atoms with Crippen LogP contribution in [0, 0.1) is 0 Å². The van der Waals surface area contributed by atoms with Crippen molar-refractivity contribution in [3.8, 4) is 0 Å². The number of hydrogen-bond acceptors (Lipinski definition) is 3. The smallest absolute Gasteiger partial charge is 0.263 e. The average Bonchev–Trinajstić information content (AvgIpc) is 2.51. The number of rotatable bonds is 3. The first-order chi connectivity index (χ1) is 10.7. The fourth-order valence-corrected chi connectivity index (χ4v) is 4.20. The van der Waals surface area contributed by atoms with Crippen LogP contribution in [0.2, 0.25) is 0 Å². The first kappa shape index (κ1) is 17.5. The van der Waals surface area contributed by atoms with Crippen LogP contribution in [-0.2, 0) is 14.3 Å². The van der Waals surface area contributed by atoms with Gasteiger partial charge in [-0.15, -0.1) is 0 Å². The van der Waals surface area contributed by atoms with E-state index in [1.165, 1.54) is 44.9 Å². The maximum atomic E-state index is 12.4. The van der Waals surface area contributed by atoms with Gasteiger partial charge in [0.05, 0.1) is 11.0 Å². The molecule has 0 amide bonds.